The second-order valence-corrected chi connectivity index (χ2v) is 23.6. The molecule has 4 nitrogen and oxygen atoms in total. The van der Waals surface area contributed by atoms with Crippen molar-refractivity contribution in [3.05, 3.63) is 173 Å². The summed E-state index contributed by atoms with van der Waals surface area (Å²) < 4.78 is 13.7. The van der Waals surface area contributed by atoms with E-state index in [4.69, 9.17) is 8.83 Å². The van der Waals surface area contributed by atoms with Gasteiger partial charge in [0.1, 0.15) is 22.7 Å². The van der Waals surface area contributed by atoms with Gasteiger partial charge in [-0.25, -0.2) is 0 Å². The monoisotopic (exact) mass is 890 g/mol. The van der Waals surface area contributed by atoms with Crippen molar-refractivity contribution in [3.63, 3.8) is 0 Å². The lowest BCUT2D eigenvalue weighted by molar-refractivity contribution is 0.589. The van der Waals surface area contributed by atoms with Crippen LogP contribution < -0.4 is 26.2 Å². The molecule has 9 aromatic rings. The molecule has 4 heterocycles. The predicted octanol–water partition coefficient (Wildman–Crippen LogP) is 16.1. The molecular weight excluding hydrogens is 828 g/mol. The van der Waals surface area contributed by atoms with Crippen LogP contribution in [0.2, 0.25) is 0 Å². The van der Waals surface area contributed by atoms with Crippen molar-refractivity contribution in [2.75, 3.05) is 9.80 Å². The minimum Gasteiger partial charge on any atom is -0.456 e. The number of anilines is 6. The van der Waals surface area contributed by atoms with Gasteiger partial charge in [0.05, 0.1) is 11.4 Å². The first-order chi connectivity index (χ1) is 32.1. The Balaban J connectivity index is 1.26. The fourth-order valence-electron chi connectivity index (χ4n) is 10.6. The SMILES string of the molecule is Cc1cc2c3c(c1)N(c1ccc(C(C)(C)C)cc1-c1cc4ccccc4o1)c1ccc(C(C)(C)C)cc1B3c1cc(C(C)(C)C)ccc1N2c1ccc(C(C)(C)C)cc1-c1cc2ccccc2o1. The molecule has 0 saturated heterocycles. The van der Waals surface area contributed by atoms with Crippen molar-refractivity contribution in [2.24, 2.45) is 0 Å². The van der Waals surface area contributed by atoms with Gasteiger partial charge in [0.25, 0.3) is 6.71 Å². The van der Waals surface area contributed by atoms with Crippen LogP contribution in [0, 0.1) is 6.92 Å². The summed E-state index contributed by atoms with van der Waals surface area (Å²) in [6, 6.07) is 54.6. The zero-order chi connectivity index (χ0) is 47.8. The molecule has 7 aromatic carbocycles. The van der Waals surface area contributed by atoms with E-state index in [9.17, 15) is 0 Å². The third kappa shape index (κ3) is 7.20. The maximum atomic E-state index is 6.83. The van der Waals surface area contributed by atoms with Gasteiger partial charge in [-0.1, -0.05) is 156 Å². The molecule has 2 aliphatic heterocycles. The first-order valence-electron chi connectivity index (χ1n) is 24.4. The standard InChI is InChI=1S/C63H63BN2O2/c1-38-30-53-59-54(31-38)66(50-27-23-42(61(5,6)7)35-46(50)58-33-40-19-15-17-21-56(40)68-58)52-29-25-44(63(11,12)13)37-48(52)64(59)47-36-43(62(8,9)10)24-28-51(47)65(53)49-26-22-41(60(2,3)4)34-45(49)57-32-39-18-14-16-20-55(39)67-57/h14-37H,1-13H3. The van der Waals surface area contributed by atoms with Gasteiger partial charge in [-0.3, -0.25) is 0 Å². The predicted molar refractivity (Wildman–Crippen MR) is 290 cm³/mol. The van der Waals surface area contributed by atoms with Crippen molar-refractivity contribution in [1.29, 1.82) is 0 Å². The number of rotatable bonds is 4. The lowest BCUT2D eigenvalue weighted by Crippen LogP contribution is -2.61. The summed E-state index contributed by atoms with van der Waals surface area (Å²) in [4.78, 5) is 5.11. The zero-order valence-electron chi connectivity index (χ0n) is 42.1. The van der Waals surface area contributed by atoms with E-state index in [0.717, 1.165) is 56.0 Å². The largest absolute Gasteiger partial charge is 0.456 e. The average Bonchev–Trinajstić information content (AvgIpc) is 3.92. The highest BCUT2D eigenvalue weighted by atomic mass is 16.3. The second-order valence-electron chi connectivity index (χ2n) is 23.6. The quantitative estimate of drug-likeness (QED) is 0.165. The Morgan fingerprint density at radius 1 is 0.368 bits per heavy atom. The van der Waals surface area contributed by atoms with Crippen molar-refractivity contribution >= 4 is 79.2 Å². The van der Waals surface area contributed by atoms with Gasteiger partial charge >= 0.3 is 0 Å². The Bertz CT molecular complexity index is 3190. The number of hydrogen-bond donors (Lipinski definition) is 0. The minimum atomic E-state index is -0.0800. The van der Waals surface area contributed by atoms with Crippen LogP contribution in [0.25, 0.3) is 44.6 Å². The molecule has 0 N–H and O–H groups in total. The van der Waals surface area contributed by atoms with Crippen LogP contribution in [0.4, 0.5) is 34.1 Å². The summed E-state index contributed by atoms with van der Waals surface area (Å²) in [7, 11) is 0. The number of benzene rings is 7. The van der Waals surface area contributed by atoms with Crippen LogP contribution in [0.5, 0.6) is 0 Å². The van der Waals surface area contributed by atoms with Crippen LogP contribution >= 0.6 is 0 Å². The number of para-hydroxylation sites is 2. The summed E-state index contributed by atoms with van der Waals surface area (Å²) >= 11 is 0. The molecule has 5 heteroatoms. The number of fused-ring (bicyclic) bond motifs is 6. The van der Waals surface area contributed by atoms with E-state index < -0.39 is 0 Å². The molecular formula is C63H63BN2O2. The van der Waals surface area contributed by atoms with Gasteiger partial charge in [0.2, 0.25) is 0 Å². The Morgan fingerprint density at radius 3 is 1.09 bits per heavy atom. The number of aryl methyl sites for hydroxylation is 1. The van der Waals surface area contributed by atoms with E-state index in [1.54, 1.807) is 0 Å². The van der Waals surface area contributed by atoms with Gasteiger partial charge in [-0.15, -0.1) is 0 Å². The molecule has 0 unspecified atom stereocenters. The lowest BCUT2D eigenvalue weighted by Gasteiger charge is -2.45. The molecule has 0 bridgehead atoms. The highest BCUT2D eigenvalue weighted by molar-refractivity contribution is 7.00. The van der Waals surface area contributed by atoms with Gasteiger partial charge in [0.15, 0.2) is 0 Å². The van der Waals surface area contributed by atoms with Crippen LogP contribution in [-0.2, 0) is 21.7 Å². The van der Waals surface area contributed by atoms with Crippen LogP contribution in [0.15, 0.2) is 154 Å². The number of furan rings is 2. The van der Waals surface area contributed by atoms with Crippen molar-refractivity contribution in [3.8, 4) is 22.6 Å². The minimum absolute atomic E-state index is 0.0466. The van der Waals surface area contributed by atoms with Crippen LogP contribution in [0.1, 0.15) is 111 Å². The number of hydrogen-bond acceptors (Lipinski definition) is 4. The molecule has 0 radical (unpaired) electrons. The zero-order valence-corrected chi connectivity index (χ0v) is 42.1. The molecule has 2 aromatic heterocycles. The Kier molecular flexibility index (Phi) is 9.76. The molecule has 0 spiro atoms. The highest BCUT2D eigenvalue weighted by Crippen LogP contribution is 2.51. The van der Waals surface area contributed by atoms with E-state index in [2.05, 4.69) is 245 Å². The molecule has 0 fully saturated rings. The maximum Gasteiger partial charge on any atom is 0.252 e. The van der Waals surface area contributed by atoms with Gasteiger partial charge < -0.3 is 18.6 Å². The summed E-state index contributed by atoms with van der Waals surface area (Å²) in [5.41, 5.74) is 20.7. The maximum absolute atomic E-state index is 6.83. The molecule has 68 heavy (non-hydrogen) atoms. The third-order valence-electron chi connectivity index (χ3n) is 14.5. The summed E-state index contributed by atoms with van der Waals surface area (Å²) in [5.74, 6) is 1.72. The average molecular weight is 891 g/mol. The first-order valence-corrected chi connectivity index (χ1v) is 24.4. The molecule has 0 atom stereocenters. The van der Waals surface area contributed by atoms with Crippen molar-refractivity contribution in [1.82, 2.24) is 0 Å². The molecule has 0 saturated carbocycles. The third-order valence-corrected chi connectivity index (χ3v) is 14.5. The van der Waals surface area contributed by atoms with Crippen molar-refractivity contribution < 1.29 is 8.83 Å². The Hall–Kier alpha value is -6.72. The lowest BCUT2D eigenvalue weighted by atomic mass is 9.33. The van der Waals surface area contributed by atoms with Gasteiger partial charge in [-0.2, -0.15) is 0 Å². The molecule has 0 amide bonds. The number of nitrogens with zero attached hydrogens (tertiary/aromatic N) is 2. The topological polar surface area (TPSA) is 32.8 Å². The summed E-state index contributed by atoms with van der Waals surface area (Å²) in [6.07, 6.45) is 0. The molecule has 0 aliphatic carbocycles. The summed E-state index contributed by atoms with van der Waals surface area (Å²) in [5, 5.41) is 2.19. The van der Waals surface area contributed by atoms with E-state index in [0.29, 0.717) is 0 Å². The van der Waals surface area contributed by atoms with Gasteiger partial charge in [-0.05, 0) is 146 Å². The molecule has 340 valence electrons. The first kappa shape index (κ1) is 43.8. The van der Waals surface area contributed by atoms with Crippen molar-refractivity contribution in [2.45, 2.75) is 112 Å². The smallest absolute Gasteiger partial charge is 0.252 e. The van der Waals surface area contributed by atoms with Gasteiger partial charge in [0, 0.05) is 44.6 Å². The fraction of sp³-hybridized carbons (Fsp3) is 0.270. The second kappa shape index (κ2) is 15.1. The summed E-state index contributed by atoms with van der Waals surface area (Å²) in [6.45, 7) is 30.0. The fourth-order valence-corrected chi connectivity index (χ4v) is 10.6. The molecule has 11 rings (SSSR count). The van der Waals surface area contributed by atoms with E-state index >= 15 is 0 Å². The van der Waals surface area contributed by atoms with E-state index in [1.807, 2.05) is 0 Å². The van der Waals surface area contributed by atoms with E-state index in [-0.39, 0.29) is 28.4 Å². The van der Waals surface area contributed by atoms with Crippen LogP contribution in [-0.4, -0.2) is 6.71 Å². The normalized spacial score (nSPS) is 13.9. The van der Waals surface area contributed by atoms with Crippen LogP contribution in [0.3, 0.4) is 0 Å². The van der Waals surface area contributed by atoms with E-state index in [1.165, 1.54) is 67.0 Å². The Labute approximate surface area is 403 Å². The molecule has 2 aliphatic rings. The highest BCUT2D eigenvalue weighted by Gasteiger charge is 2.45. The Morgan fingerprint density at radius 2 is 0.721 bits per heavy atom.